The zero-order valence-electron chi connectivity index (χ0n) is 10.7. The maximum atomic E-state index is 11.5. The van der Waals surface area contributed by atoms with Crippen molar-refractivity contribution >= 4 is 43.4 Å². The van der Waals surface area contributed by atoms with E-state index in [2.05, 4.69) is 31.9 Å². The van der Waals surface area contributed by atoms with Gasteiger partial charge in [0.2, 0.25) is 0 Å². The molecule has 0 atom stereocenters. The van der Waals surface area contributed by atoms with E-state index in [0.717, 1.165) is 8.95 Å². The molecule has 0 saturated carbocycles. The van der Waals surface area contributed by atoms with Crippen molar-refractivity contribution in [2.45, 2.75) is 13.8 Å². The minimum atomic E-state index is -0.937. The summed E-state index contributed by atoms with van der Waals surface area (Å²) in [7, 11) is 0. The van der Waals surface area contributed by atoms with Gasteiger partial charge in [-0.15, -0.1) is 0 Å². The number of hydrogen-bond donors (Lipinski definition) is 1. The van der Waals surface area contributed by atoms with E-state index in [9.17, 15) is 9.90 Å². The standard InChI is InChI=1S/C15H14Br2O2/c1-3-4-5-6-10(2)14(15(18)19)11-7-12(16)9-13(17)8-11/h3-9H,1-2H3,(H,18,19). The van der Waals surface area contributed by atoms with E-state index in [1.54, 1.807) is 25.1 Å². The Morgan fingerprint density at radius 3 is 2.21 bits per heavy atom. The first-order valence-electron chi connectivity index (χ1n) is 5.65. The van der Waals surface area contributed by atoms with Crippen LogP contribution < -0.4 is 0 Å². The van der Waals surface area contributed by atoms with Crippen LogP contribution in [0.5, 0.6) is 0 Å². The van der Waals surface area contributed by atoms with Gasteiger partial charge in [-0.1, -0.05) is 56.2 Å². The van der Waals surface area contributed by atoms with E-state index in [4.69, 9.17) is 0 Å². The van der Waals surface area contributed by atoms with E-state index in [-0.39, 0.29) is 0 Å². The number of carbonyl (C=O) groups is 1. The number of aliphatic carboxylic acids is 1. The lowest BCUT2D eigenvalue weighted by Gasteiger charge is -2.07. The average Bonchev–Trinajstić information content (AvgIpc) is 2.27. The fourth-order valence-electron chi connectivity index (χ4n) is 1.61. The highest BCUT2D eigenvalue weighted by Crippen LogP contribution is 2.27. The van der Waals surface area contributed by atoms with Crippen LogP contribution in [0, 0.1) is 0 Å². The lowest BCUT2D eigenvalue weighted by atomic mass is 10.0. The first-order chi connectivity index (χ1) is 8.95. The van der Waals surface area contributed by atoms with Crippen molar-refractivity contribution in [3.8, 4) is 0 Å². The number of carboxylic acids is 1. The molecule has 0 unspecified atom stereocenters. The monoisotopic (exact) mass is 384 g/mol. The van der Waals surface area contributed by atoms with Gasteiger partial charge in [-0.25, -0.2) is 4.79 Å². The van der Waals surface area contributed by atoms with E-state index < -0.39 is 5.97 Å². The molecular weight excluding hydrogens is 372 g/mol. The molecule has 1 rings (SSSR count). The van der Waals surface area contributed by atoms with Crippen LogP contribution >= 0.6 is 31.9 Å². The van der Waals surface area contributed by atoms with Gasteiger partial charge in [0, 0.05) is 8.95 Å². The van der Waals surface area contributed by atoms with Gasteiger partial charge in [-0.2, -0.15) is 0 Å². The van der Waals surface area contributed by atoms with Crippen molar-refractivity contribution in [2.24, 2.45) is 0 Å². The molecule has 0 radical (unpaired) electrons. The molecule has 1 aromatic carbocycles. The molecule has 0 saturated heterocycles. The summed E-state index contributed by atoms with van der Waals surface area (Å²) in [6, 6.07) is 5.45. The second-order valence-electron chi connectivity index (χ2n) is 3.91. The smallest absolute Gasteiger partial charge is 0.336 e. The van der Waals surface area contributed by atoms with Crippen molar-refractivity contribution in [1.82, 2.24) is 0 Å². The molecule has 2 nitrogen and oxygen atoms in total. The minimum absolute atomic E-state index is 0.294. The molecule has 4 heteroatoms. The zero-order chi connectivity index (χ0) is 14.4. The summed E-state index contributed by atoms with van der Waals surface area (Å²) in [4.78, 5) is 11.5. The van der Waals surface area contributed by atoms with Crippen LogP contribution in [0.15, 0.2) is 57.0 Å². The van der Waals surface area contributed by atoms with Crippen molar-refractivity contribution in [3.63, 3.8) is 0 Å². The van der Waals surface area contributed by atoms with Crippen LogP contribution in [0.1, 0.15) is 19.4 Å². The predicted molar refractivity (Wildman–Crippen MR) is 86.0 cm³/mol. The molecule has 0 amide bonds. The molecule has 1 aromatic rings. The van der Waals surface area contributed by atoms with E-state index in [0.29, 0.717) is 16.7 Å². The molecule has 19 heavy (non-hydrogen) atoms. The Balaban J connectivity index is 3.35. The Hall–Kier alpha value is -1.13. The second kappa shape index (κ2) is 7.46. The van der Waals surface area contributed by atoms with Gasteiger partial charge in [-0.05, 0) is 43.2 Å². The summed E-state index contributed by atoms with van der Waals surface area (Å²) in [5, 5.41) is 9.40. The third kappa shape index (κ3) is 4.80. The molecule has 0 heterocycles. The maximum absolute atomic E-state index is 11.5. The molecule has 100 valence electrons. The van der Waals surface area contributed by atoms with Gasteiger partial charge in [0.15, 0.2) is 0 Å². The molecule has 0 fully saturated rings. The third-order valence-corrected chi connectivity index (χ3v) is 3.32. The Morgan fingerprint density at radius 2 is 1.74 bits per heavy atom. The van der Waals surface area contributed by atoms with Crippen LogP contribution in [0.25, 0.3) is 5.57 Å². The summed E-state index contributed by atoms with van der Waals surface area (Å²) in [5.74, 6) is -0.937. The largest absolute Gasteiger partial charge is 0.478 e. The van der Waals surface area contributed by atoms with Crippen LogP contribution in [0.2, 0.25) is 0 Å². The van der Waals surface area contributed by atoms with Gasteiger partial charge in [0.05, 0.1) is 5.57 Å². The van der Waals surface area contributed by atoms with Gasteiger partial charge in [0.1, 0.15) is 0 Å². The molecule has 0 aliphatic carbocycles. The Labute approximate surface area is 129 Å². The lowest BCUT2D eigenvalue weighted by molar-refractivity contribution is -0.130. The molecule has 0 aliphatic rings. The number of halogens is 2. The normalized spacial score (nSPS) is 13.1. The highest BCUT2D eigenvalue weighted by atomic mass is 79.9. The summed E-state index contributed by atoms with van der Waals surface area (Å²) < 4.78 is 1.67. The first-order valence-corrected chi connectivity index (χ1v) is 7.24. The van der Waals surface area contributed by atoms with Crippen LogP contribution in [0.4, 0.5) is 0 Å². The number of allylic oxidation sites excluding steroid dienone is 5. The lowest BCUT2D eigenvalue weighted by Crippen LogP contribution is -2.02. The summed E-state index contributed by atoms with van der Waals surface area (Å²) in [6.45, 7) is 3.70. The van der Waals surface area contributed by atoms with Crippen molar-refractivity contribution < 1.29 is 9.90 Å². The topological polar surface area (TPSA) is 37.3 Å². The van der Waals surface area contributed by atoms with Crippen LogP contribution in [-0.2, 0) is 4.79 Å². The summed E-state index contributed by atoms with van der Waals surface area (Å²) >= 11 is 6.74. The Bertz CT molecular complexity index is 549. The average molecular weight is 386 g/mol. The summed E-state index contributed by atoms with van der Waals surface area (Å²) in [6.07, 6.45) is 7.36. The maximum Gasteiger partial charge on any atom is 0.336 e. The Morgan fingerprint density at radius 1 is 1.16 bits per heavy atom. The van der Waals surface area contributed by atoms with E-state index in [1.165, 1.54) is 0 Å². The fourth-order valence-corrected chi connectivity index (χ4v) is 2.91. The molecule has 0 aliphatic heterocycles. The number of rotatable bonds is 4. The Kier molecular flexibility index (Phi) is 6.25. The molecule has 1 N–H and O–H groups in total. The second-order valence-corrected chi connectivity index (χ2v) is 5.74. The van der Waals surface area contributed by atoms with Crippen LogP contribution in [-0.4, -0.2) is 11.1 Å². The highest BCUT2D eigenvalue weighted by molar-refractivity contribution is 9.11. The van der Waals surface area contributed by atoms with Crippen molar-refractivity contribution in [2.75, 3.05) is 0 Å². The van der Waals surface area contributed by atoms with Crippen molar-refractivity contribution in [3.05, 3.63) is 62.6 Å². The third-order valence-electron chi connectivity index (χ3n) is 2.41. The predicted octanol–water partition coefficient (Wildman–Crippen LogP) is 5.20. The fraction of sp³-hybridized carbons (Fsp3) is 0.133. The van der Waals surface area contributed by atoms with E-state index >= 15 is 0 Å². The van der Waals surface area contributed by atoms with E-state index in [1.807, 2.05) is 31.2 Å². The van der Waals surface area contributed by atoms with Crippen LogP contribution in [0.3, 0.4) is 0 Å². The van der Waals surface area contributed by atoms with Gasteiger partial charge in [-0.3, -0.25) is 0 Å². The first kappa shape index (κ1) is 15.9. The molecule has 0 bridgehead atoms. The van der Waals surface area contributed by atoms with Gasteiger partial charge in [0.25, 0.3) is 0 Å². The minimum Gasteiger partial charge on any atom is -0.478 e. The van der Waals surface area contributed by atoms with Crippen molar-refractivity contribution in [1.29, 1.82) is 0 Å². The number of carboxylic acid groups (broad SMARTS) is 1. The van der Waals surface area contributed by atoms with Gasteiger partial charge < -0.3 is 5.11 Å². The number of benzene rings is 1. The highest BCUT2D eigenvalue weighted by Gasteiger charge is 2.14. The SMILES string of the molecule is CC=CC=CC(C)=C(C(=O)O)c1cc(Br)cc(Br)c1. The number of hydrogen-bond acceptors (Lipinski definition) is 1. The molecule has 0 aromatic heterocycles. The van der Waals surface area contributed by atoms with Gasteiger partial charge >= 0.3 is 5.97 Å². The quantitative estimate of drug-likeness (QED) is 0.571. The molecule has 0 spiro atoms. The summed E-state index contributed by atoms with van der Waals surface area (Å²) in [5.41, 5.74) is 1.66. The zero-order valence-corrected chi connectivity index (χ0v) is 13.8. The molecular formula is C15H14Br2O2.